The van der Waals surface area contributed by atoms with Gasteiger partial charge in [-0.3, -0.25) is 0 Å². The number of benzene rings is 1. The van der Waals surface area contributed by atoms with Gasteiger partial charge in [-0.1, -0.05) is 13.8 Å². The minimum Gasteiger partial charge on any atom is -0.493 e. The van der Waals surface area contributed by atoms with Gasteiger partial charge in [-0.05, 0) is 51.5 Å². The Morgan fingerprint density at radius 2 is 1.76 bits per heavy atom. The van der Waals surface area contributed by atoms with Gasteiger partial charge >= 0.3 is 0 Å². The van der Waals surface area contributed by atoms with Crippen molar-refractivity contribution in [1.82, 2.24) is 4.90 Å². The van der Waals surface area contributed by atoms with E-state index in [0.29, 0.717) is 6.04 Å². The molecule has 120 valence electrons. The lowest BCUT2D eigenvalue weighted by Gasteiger charge is -2.20. The molecule has 1 aromatic carbocycles. The maximum absolute atomic E-state index is 5.33. The van der Waals surface area contributed by atoms with Crippen molar-refractivity contribution in [2.24, 2.45) is 0 Å². The van der Waals surface area contributed by atoms with E-state index in [2.05, 4.69) is 31.0 Å². The second kappa shape index (κ2) is 9.50. The first-order valence-electron chi connectivity index (χ1n) is 7.85. The molecule has 0 bridgehead atoms. The van der Waals surface area contributed by atoms with Crippen molar-refractivity contribution in [2.75, 3.05) is 39.2 Å². The van der Waals surface area contributed by atoms with Gasteiger partial charge in [0.2, 0.25) is 0 Å². The van der Waals surface area contributed by atoms with Crippen molar-refractivity contribution in [3.63, 3.8) is 0 Å². The number of ether oxygens (including phenoxy) is 2. The van der Waals surface area contributed by atoms with Gasteiger partial charge < -0.3 is 19.7 Å². The van der Waals surface area contributed by atoms with Crippen LogP contribution in [0.2, 0.25) is 0 Å². The van der Waals surface area contributed by atoms with E-state index in [-0.39, 0.29) is 0 Å². The van der Waals surface area contributed by atoms with Crippen LogP contribution in [0.5, 0.6) is 11.5 Å². The van der Waals surface area contributed by atoms with Crippen molar-refractivity contribution < 1.29 is 9.47 Å². The fraction of sp³-hybridized carbons (Fsp3) is 0.647. The van der Waals surface area contributed by atoms with Crippen LogP contribution in [0.15, 0.2) is 18.2 Å². The second-order valence-corrected chi connectivity index (χ2v) is 5.28. The van der Waals surface area contributed by atoms with Crippen LogP contribution >= 0.6 is 0 Å². The standard InChI is InChI=1S/C17H30N2O2/c1-6-19(7-2)12-8-9-14(3)18-15-10-11-16(20-4)17(13-15)21-5/h10-11,13-14,18H,6-9,12H2,1-5H3. The fourth-order valence-electron chi connectivity index (χ4n) is 2.44. The molecule has 0 amide bonds. The molecule has 4 nitrogen and oxygen atoms in total. The second-order valence-electron chi connectivity index (χ2n) is 5.28. The molecule has 21 heavy (non-hydrogen) atoms. The minimum atomic E-state index is 0.443. The Bertz CT molecular complexity index is 406. The summed E-state index contributed by atoms with van der Waals surface area (Å²) in [4.78, 5) is 2.46. The Morgan fingerprint density at radius 3 is 2.33 bits per heavy atom. The molecule has 1 unspecified atom stereocenters. The number of hydrogen-bond acceptors (Lipinski definition) is 4. The van der Waals surface area contributed by atoms with E-state index in [1.807, 2.05) is 18.2 Å². The smallest absolute Gasteiger partial charge is 0.162 e. The summed E-state index contributed by atoms with van der Waals surface area (Å²) in [5.74, 6) is 1.52. The molecule has 0 radical (unpaired) electrons. The largest absolute Gasteiger partial charge is 0.493 e. The van der Waals surface area contributed by atoms with Crippen LogP contribution in [0.4, 0.5) is 5.69 Å². The predicted octanol–water partition coefficient (Wildman–Crippen LogP) is 3.63. The van der Waals surface area contributed by atoms with E-state index < -0.39 is 0 Å². The van der Waals surface area contributed by atoms with E-state index in [9.17, 15) is 0 Å². The predicted molar refractivity (Wildman–Crippen MR) is 89.7 cm³/mol. The number of rotatable bonds is 10. The Hall–Kier alpha value is -1.42. The Kier molecular flexibility index (Phi) is 7.98. The number of methoxy groups -OCH3 is 2. The molecule has 0 saturated carbocycles. The van der Waals surface area contributed by atoms with Crippen molar-refractivity contribution in [3.8, 4) is 11.5 Å². The van der Waals surface area contributed by atoms with E-state index in [1.165, 1.54) is 13.0 Å². The summed E-state index contributed by atoms with van der Waals surface area (Å²) >= 11 is 0. The van der Waals surface area contributed by atoms with Gasteiger partial charge in [0.25, 0.3) is 0 Å². The number of nitrogens with zero attached hydrogens (tertiary/aromatic N) is 1. The maximum atomic E-state index is 5.33. The number of anilines is 1. The molecule has 0 saturated heterocycles. The van der Waals surface area contributed by atoms with Crippen LogP contribution in [-0.2, 0) is 0 Å². The first-order chi connectivity index (χ1) is 10.1. The van der Waals surface area contributed by atoms with Gasteiger partial charge in [0.05, 0.1) is 14.2 Å². The first kappa shape index (κ1) is 17.6. The van der Waals surface area contributed by atoms with E-state index in [1.54, 1.807) is 14.2 Å². The van der Waals surface area contributed by atoms with Crippen LogP contribution in [0.25, 0.3) is 0 Å². The van der Waals surface area contributed by atoms with Crippen LogP contribution in [0, 0.1) is 0 Å². The van der Waals surface area contributed by atoms with Crippen LogP contribution in [-0.4, -0.2) is 44.8 Å². The normalized spacial score (nSPS) is 12.3. The number of nitrogens with one attached hydrogen (secondary N) is 1. The van der Waals surface area contributed by atoms with Gasteiger partial charge in [0.15, 0.2) is 11.5 Å². The summed E-state index contributed by atoms with van der Waals surface area (Å²) in [6.45, 7) is 10.1. The molecule has 1 aromatic rings. The molecule has 0 spiro atoms. The van der Waals surface area contributed by atoms with Gasteiger partial charge in [-0.2, -0.15) is 0 Å². The van der Waals surface area contributed by atoms with Crippen molar-refractivity contribution >= 4 is 5.69 Å². The summed E-state index contributed by atoms with van der Waals surface area (Å²) in [6.07, 6.45) is 2.37. The SMILES string of the molecule is CCN(CC)CCCC(C)Nc1ccc(OC)c(OC)c1. The van der Waals surface area contributed by atoms with E-state index >= 15 is 0 Å². The third kappa shape index (κ3) is 5.84. The van der Waals surface area contributed by atoms with Gasteiger partial charge in [0, 0.05) is 17.8 Å². The van der Waals surface area contributed by atoms with Crippen LogP contribution in [0.1, 0.15) is 33.6 Å². The van der Waals surface area contributed by atoms with Gasteiger partial charge in [-0.15, -0.1) is 0 Å². The quantitative estimate of drug-likeness (QED) is 0.714. The summed E-state index contributed by atoms with van der Waals surface area (Å²) in [6, 6.07) is 6.39. The lowest BCUT2D eigenvalue weighted by Crippen LogP contribution is -2.25. The first-order valence-corrected chi connectivity index (χ1v) is 7.85. The van der Waals surface area contributed by atoms with E-state index in [0.717, 1.165) is 36.7 Å². The highest BCUT2D eigenvalue weighted by molar-refractivity contribution is 5.55. The fourth-order valence-corrected chi connectivity index (χ4v) is 2.44. The van der Waals surface area contributed by atoms with Crippen molar-refractivity contribution in [2.45, 2.75) is 39.7 Å². The van der Waals surface area contributed by atoms with E-state index in [4.69, 9.17) is 9.47 Å². The zero-order valence-electron chi connectivity index (χ0n) is 14.1. The monoisotopic (exact) mass is 294 g/mol. The average molecular weight is 294 g/mol. The highest BCUT2D eigenvalue weighted by atomic mass is 16.5. The Labute approximate surface area is 129 Å². The van der Waals surface area contributed by atoms with Crippen LogP contribution < -0.4 is 14.8 Å². The summed E-state index contributed by atoms with van der Waals surface area (Å²) in [5.41, 5.74) is 1.07. The molecule has 1 rings (SSSR count). The lowest BCUT2D eigenvalue weighted by molar-refractivity contribution is 0.295. The highest BCUT2D eigenvalue weighted by Crippen LogP contribution is 2.30. The minimum absolute atomic E-state index is 0.443. The average Bonchev–Trinajstić information content (AvgIpc) is 2.51. The molecule has 1 atom stereocenters. The lowest BCUT2D eigenvalue weighted by atomic mass is 10.1. The molecular weight excluding hydrogens is 264 g/mol. The molecule has 1 N–H and O–H groups in total. The molecule has 0 aliphatic carbocycles. The molecule has 0 aliphatic heterocycles. The third-order valence-electron chi connectivity index (χ3n) is 3.80. The molecule has 0 aromatic heterocycles. The zero-order valence-corrected chi connectivity index (χ0v) is 14.1. The molecule has 0 fully saturated rings. The highest BCUT2D eigenvalue weighted by Gasteiger charge is 2.07. The van der Waals surface area contributed by atoms with Gasteiger partial charge in [-0.25, -0.2) is 0 Å². The summed E-state index contributed by atoms with van der Waals surface area (Å²) in [5, 5.41) is 3.52. The maximum Gasteiger partial charge on any atom is 0.162 e. The third-order valence-corrected chi connectivity index (χ3v) is 3.80. The van der Waals surface area contributed by atoms with Crippen LogP contribution in [0.3, 0.4) is 0 Å². The molecule has 0 aliphatic rings. The van der Waals surface area contributed by atoms with Crippen molar-refractivity contribution in [3.05, 3.63) is 18.2 Å². The van der Waals surface area contributed by atoms with Crippen molar-refractivity contribution in [1.29, 1.82) is 0 Å². The molecule has 0 heterocycles. The molecular formula is C17H30N2O2. The van der Waals surface area contributed by atoms with Gasteiger partial charge in [0.1, 0.15) is 0 Å². The summed E-state index contributed by atoms with van der Waals surface area (Å²) in [7, 11) is 3.32. The Morgan fingerprint density at radius 1 is 1.10 bits per heavy atom. The topological polar surface area (TPSA) is 33.7 Å². The Balaban J connectivity index is 2.45. The molecule has 4 heteroatoms. The number of hydrogen-bond donors (Lipinski definition) is 1. The summed E-state index contributed by atoms with van der Waals surface area (Å²) < 4.78 is 10.6. The zero-order chi connectivity index (χ0) is 15.7.